The molecular weight excluding hydrogens is 212 g/mol. The molecule has 0 spiro atoms. The highest BCUT2D eigenvalue weighted by atomic mass is 16.3. The number of furan rings is 1. The average molecular weight is 230 g/mol. The van der Waals surface area contributed by atoms with Crippen molar-refractivity contribution in [2.75, 3.05) is 12.3 Å². The first-order valence-electron chi connectivity index (χ1n) is 5.84. The zero-order chi connectivity index (χ0) is 12.1. The molecule has 0 bridgehead atoms. The van der Waals surface area contributed by atoms with Gasteiger partial charge >= 0.3 is 0 Å². The summed E-state index contributed by atoms with van der Waals surface area (Å²) in [4.78, 5) is 0. The molecule has 0 atom stereocenters. The monoisotopic (exact) mass is 230 g/mol. The summed E-state index contributed by atoms with van der Waals surface area (Å²) in [5.74, 6) is 1.01. The Labute approximate surface area is 102 Å². The lowest BCUT2D eigenvalue weighted by molar-refractivity contribution is 0.499. The van der Waals surface area contributed by atoms with Crippen LogP contribution in [0.4, 0.5) is 5.69 Å². The number of aryl methyl sites for hydroxylation is 1. The van der Waals surface area contributed by atoms with Crippen LogP contribution in [0.3, 0.4) is 0 Å². The van der Waals surface area contributed by atoms with Crippen molar-refractivity contribution < 1.29 is 4.42 Å². The molecule has 1 heterocycles. The van der Waals surface area contributed by atoms with Crippen LogP contribution in [0.15, 0.2) is 41.0 Å². The van der Waals surface area contributed by atoms with Gasteiger partial charge in [0.05, 0.1) is 6.26 Å². The third-order valence-electron chi connectivity index (χ3n) is 2.80. The fourth-order valence-corrected chi connectivity index (χ4v) is 1.70. The molecule has 1 aromatic heterocycles. The number of anilines is 1. The lowest BCUT2D eigenvalue weighted by Gasteiger charge is -2.06. The van der Waals surface area contributed by atoms with Gasteiger partial charge < -0.3 is 15.5 Å². The first-order chi connectivity index (χ1) is 8.25. The average Bonchev–Trinajstić information content (AvgIpc) is 2.82. The number of nitrogen functional groups attached to an aromatic ring is 1. The predicted octanol–water partition coefficient (Wildman–Crippen LogP) is 2.50. The van der Waals surface area contributed by atoms with Crippen molar-refractivity contribution in [3.05, 3.63) is 53.5 Å². The van der Waals surface area contributed by atoms with E-state index in [4.69, 9.17) is 10.2 Å². The van der Waals surface area contributed by atoms with E-state index in [2.05, 4.69) is 17.4 Å². The Morgan fingerprint density at radius 2 is 2.18 bits per heavy atom. The van der Waals surface area contributed by atoms with Crippen LogP contribution in [-0.4, -0.2) is 6.54 Å². The Morgan fingerprint density at radius 1 is 1.29 bits per heavy atom. The minimum Gasteiger partial charge on any atom is -0.469 e. The third-order valence-corrected chi connectivity index (χ3v) is 2.80. The molecule has 2 rings (SSSR count). The van der Waals surface area contributed by atoms with E-state index in [-0.39, 0.29) is 0 Å². The molecule has 0 aliphatic carbocycles. The SMILES string of the molecule is Cc1ccc(CNCCc2ccco2)cc1N. The van der Waals surface area contributed by atoms with E-state index in [9.17, 15) is 0 Å². The number of rotatable bonds is 5. The first kappa shape index (κ1) is 11.7. The van der Waals surface area contributed by atoms with E-state index in [1.165, 1.54) is 5.56 Å². The molecule has 0 amide bonds. The van der Waals surface area contributed by atoms with E-state index >= 15 is 0 Å². The van der Waals surface area contributed by atoms with E-state index in [1.807, 2.05) is 25.1 Å². The summed E-state index contributed by atoms with van der Waals surface area (Å²) >= 11 is 0. The van der Waals surface area contributed by atoms with Gasteiger partial charge in [-0.15, -0.1) is 0 Å². The number of benzene rings is 1. The van der Waals surface area contributed by atoms with Gasteiger partial charge in [-0.25, -0.2) is 0 Å². The maximum absolute atomic E-state index is 5.86. The molecule has 0 aliphatic heterocycles. The van der Waals surface area contributed by atoms with Gasteiger partial charge in [0.1, 0.15) is 5.76 Å². The number of nitrogens with two attached hydrogens (primary N) is 1. The molecule has 3 nitrogen and oxygen atoms in total. The van der Waals surface area contributed by atoms with Crippen molar-refractivity contribution in [1.29, 1.82) is 0 Å². The lowest BCUT2D eigenvalue weighted by atomic mass is 10.1. The van der Waals surface area contributed by atoms with Crippen molar-refractivity contribution in [2.24, 2.45) is 0 Å². The molecule has 2 aromatic rings. The van der Waals surface area contributed by atoms with Gasteiger partial charge in [-0.2, -0.15) is 0 Å². The molecule has 0 aliphatic rings. The van der Waals surface area contributed by atoms with Crippen LogP contribution in [0, 0.1) is 6.92 Å². The Hall–Kier alpha value is -1.74. The van der Waals surface area contributed by atoms with Crippen molar-refractivity contribution in [2.45, 2.75) is 19.9 Å². The van der Waals surface area contributed by atoms with E-state index in [0.29, 0.717) is 0 Å². The lowest BCUT2D eigenvalue weighted by Crippen LogP contribution is -2.16. The van der Waals surface area contributed by atoms with Crippen LogP contribution in [0.1, 0.15) is 16.9 Å². The maximum Gasteiger partial charge on any atom is 0.105 e. The second-order valence-electron chi connectivity index (χ2n) is 4.20. The zero-order valence-electron chi connectivity index (χ0n) is 10.1. The smallest absolute Gasteiger partial charge is 0.105 e. The molecule has 0 radical (unpaired) electrons. The molecule has 0 saturated heterocycles. The highest BCUT2D eigenvalue weighted by Gasteiger charge is 1.98. The van der Waals surface area contributed by atoms with E-state index < -0.39 is 0 Å². The van der Waals surface area contributed by atoms with E-state index in [1.54, 1.807) is 6.26 Å². The molecule has 3 N–H and O–H groups in total. The molecule has 3 heteroatoms. The third kappa shape index (κ3) is 3.36. The number of hydrogen-bond donors (Lipinski definition) is 2. The van der Waals surface area contributed by atoms with Crippen LogP contribution >= 0.6 is 0 Å². The van der Waals surface area contributed by atoms with Crippen LogP contribution in [-0.2, 0) is 13.0 Å². The van der Waals surface area contributed by atoms with Gasteiger partial charge in [0.15, 0.2) is 0 Å². The van der Waals surface area contributed by atoms with Gasteiger partial charge in [-0.3, -0.25) is 0 Å². The summed E-state index contributed by atoms with van der Waals surface area (Å²) in [6.07, 6.45) is 2.62. The van der Waals surface area contributed by atoms with Gasteiger partial charge in [0.25, 0.3) is 0 Å². The molecule has 1 aromatic carbocycles. The Balaban J connectivity index is 1.76. The van der Waals surface area contributed by atoms with Crippen molar-refractivity contribution in [1.82, 2.24) is 5.32 Å². The van der Waals surface area contributed by atoms with Gasteiger partial charge in [0.2, 0.25) is 0 Å². The largest absolute Gasteiger partial charge is 0.469 e. The summed E-state index contributed by atoms with van der Waals surface area (Å²) in [5.41, 5.74) is 9.06. The standard InChI is InChI=1S/C14H18N2O/c1-11-4-5-12(9-14(11)15)10-16-7-6-13-3-2-8-17-13/h2-5,8-9,16H,6-7,10,15H2,1H3. The van der Waals surface area contributed by atoms with Crippen LogP contribution in [0.2, 0.25) is 0 Å². The van der Waals surface area contributed by atoms with Crippen LogP contribution in [0.25, 0.3) is 0 Å². The first-order valence-corrected chi connectivity index (χ1v) is 5.84. The highest BCUT2D eigenvalue weighted by molar-refractivity contribution is 5.48. The van der Waals surface area contributed by atoms with Gasteiger partial charge in [0, 0.05) is 25.2 Å². The summed E-state index contributed by atoms with van der Waals surface area (Å²) in [6.45, 7) is 3.76. The molecule has 0 saturated carbocycles. The number of hydrogen-bond acceptors (Lipinski definition) is 3. The summed E-state index contributed by atoms with van der Waals surface area (Å²) in [6, 6.07) is 10.1. The van der Waals surface area contributed by atoms with Crippen molar-refractivity contribution >= 4 is 5.69 Å². The molecule has 90 valence electrons. The minimum absolute atomic E-state index is 0.838. The Bertz CT molecular complexity index is 463. The van der Waals surface area contributed by atoms with Crippen molar-refractivity contribution in [3.63, 3.8) is 0 Å². The Morgan fingerprint density at radius 3 is 2.88 bits per heavy atom. The van der Waals surface area contributed by atoms with Gasteiger partial charge in [-0.1, -0.05) is 12.1 Å². The fraction of sp³-hybridized carbons (Fsp3) is 0.286. The predicted molar refractivity (Wildman–Crippen MR) is 69.7 cm³/mol. The van der Waals surface area contributed by atoms with Crippen LogP contribution in [0.5, 0.6) is 0 Å². The van der Waals surface area contributed by atoms with E-state index in [0.717, 1.165) is 36.5 Å². The highest BCUT2D eigenvalue weighted by Crippen LogP contribution is 2.12. The second-order valence-corrected chi connectivity index (χ2v) is 4.20. The number of nitrogens with one attached hydrogen (secondary N) is 1. The quantitative estimate of drug-likeness (QED) is 0.613. The van der Waals surface area contributed by atoms with Crippen LogP contribution < -0.4 is 11.1 Å². The maximum atomic E-state index is 5.86. The van der Waals surface area contributed by atoms with Crippen molar-refractivity contribution in [3.8, 4) is 0 Å². The molecular formula is C14H18N2O. The summed E-state index contributed by atoms with van der Waals surface area (Å²) in [5, 5.41) is 3.37. The molecule has 0 fully saturated rings. The molecule has 0 unspecified atom stereocenters. The summed E-state index contributed by atoms with van der Waals surface area (Å²) in [7, 11) is 0. The normalized spacial score (nSPS) is 10.6. The summed E-state index contributed by atoms with van der Waals surface area (Å²) < 4.78 is 5.26. The molecule has 17 heavy (non-hydrogen) atoms. The zero-order valence-corrected chi connectivity index (χ0v) is 10.1. The fourth-order valence-electron chi connectivity index (χ4n) is 1.70. The van der Waals surface area contributed by atoms with Gasteiger partial charge in [-0.05, 0) is 36.2 Å². The second kappa shape index (κ2) is 5.55. The minimum atomic E-state index is 0.838. The Kier molecular flexibility index (Phi) is 3.83. The topological polar surface area (TPSA) is 51.2 Å².